The number of pyridine rings is 1. The number of ether oxygens (including phenoxy) is 2. The topological polar surface area (TPSA) is 48.4 Å². The molecule has 5 heteroatoms. The average Bonchev–Trinajstić information content (AvgIpc) is 2.47. The average molecular weight is 296 g/mol. The quantitative estimate of drug-likeness (QED) is 0.486. The van der Waals surface area contributed by atoms with Gasteiger partial charge >= 0.3 is 5.97 Å². The number of carbonyl (C=O) groups is 1. The molecule has 0 N–H and O–H groups in total. The van der Waals surface area contributed by atoms with Crippen molar-refractivity contribution in [1.82, 2.24) is 4.98 Å². The molecular formula is C15H18ClNO3. The van der Waals surface area contributed by atoms with E-state index in [0.29, 0.717) is 5.15 Å². The van der Waals surface area contributed by atoms with E-state index in [2.05, 4.69) is 4.98 Å². The number of hydrogen-bond donors (Lipinski definition) is 0. The van der Waals surface area contributed by atoms with Crippen molar-refractivity contribution in [3.63, 3.8) is 0 Å². The zero-order valence-corrected chi connectivity index (χ0v) is 12.2. The Hall–Kier alpha value is -1.39. The summed E-state index contributed by atoms with van der Waals surface area (Å²) in [6, 6.07) is 3.46. The number of rotatable bonds is 4. The van der Waals surface area contributed by atoms with Gasteiger partial charge in [0.15, 0.2) is 0 Å². The molecule has 2 unspecified atom stereocenters. The van der Waals surface area contributed by atoms with Crippen LogP contribution in [0.25, 0.3) is 6.08 Å². The van der Waals surface area contributed by atoms with Gasteiger partial charge in [0, 0.05) is 19.4 Å². The molecule has 1 aromatic heterocycles. The van der Waals surface area contributed by atoms with Gasteiger partial charge in [-0.2, -0.15) is 0 Å². The Morgan fingerprint density at radius 3 is 2.75 bits per heavy atom. The molecule has 1 aliphatic carbocycles. The highest BCUT2D eigenvalue weighted by Gasteiger charge is 2.27. The second kappa shape index (κ2) is 7.41. The summed E-state index contributed by atoms with van der Waals surface area (Å²) in [6.45, 7) is 0. The lowest BCUT2D eigenvalue weighted by Gasteiger charge is -2.29. The van der Waals surface area contributed by atoms with Gasteiger partial charge in [0.25, 0.3) is 0 Å². The van der Waals surface area contributed by atoms with E-state index in [4.69, 9.17) is 21.1 Å². The Bertz CT molecular complexity index is 473. The van der Waals surface area contributed by atoms with Crippen LogP contribution in [-0.4, -0.2) is 30.3 Å². The summed E-state index contributed by atoms with van der Waals surface area (Å²) in [5.74, 6) is -0.353. The van der Waals surface area contributed by atoms with E-state index in [0.717, 1.165) is 31.2 Å². The molecule has 1 aromatic rings. The van der Waals surface area contributed by atoms with E-state index >= 15 is 0 Å². The highest BCUT2D eigenvalue weighted by Crippen LogP contribution is 2.23. The zero-order chi connectivity index (χ0) is 14.4. The third-order valence-electron chi connectivity index (χ3n) is 3.37. The normalized spacial score (nSPS) is 22.9. The van der Waals surface area contributed by atoms with Gasteiger partial charge in [-0.05, 0) is 37.0 Å². The van der Waals surface area contributed by atoms with Gasteiger partial charge in [-0.15, -0.1) is 0 Å². The number of methoxy groups -OCH3 is 1. The second-order valence-electron chi connectivity index (χ2n) is 4.78. The van der Waals surface area contributed by atoms with Crippen LogP contribution in [0, 0.1) is 0 Å². The van der Waals surface area contributed by atoms with Crippen molar-refractivity contribution in [1.29, 1.82) is 0 Å². The Morgan fingerprint density at radius 1 is 1.35 bits per heavy atom. The highest BCUT2D eigenvalue weighted by atomic mass is 35.5. The molecule has 108 valence electrons. The van der Waals surface area contributed by atoms with Crippen LogP contribution in [0.5, 0.6) is 0 Å². The monoisotopic (exact) mass is 295 g/mol. The molecule has 0 amide bonds. The molecule has 0 radical (unpaired) electrons. The van der Waals surface area contributed by atoms with Gasteiger partial charge < -0.3 is 9.47 Å². The first kappa shape index (κ1) is 15.0. The molecule has 1 saturated carbocycles. The fourth-order valence-corrected chi connectivity index (χ4v) is 2.42. The van der Waals surface area contributed by atoms with Gasteiger partial charge in [-0.25, -0.2) is 9.78 Å². The van der Waals surface area contributed by atoms with Crippen LogP contribution in [0.3, 0.4) is 0 Å². The van der Waals surface area contributed by atoms with Crippen molar-refractivity contribution in [2.24, 2.45) is 0 Å². The van der Waals surface area contributed by atoms with Gasteiger partial charge in [-0.1, -0.05) is 24.1 Å². The van der Waals surface area contributed by atoms with E-state index in [1.165, 1.54) is 6.08 Å². The minimum atomic E-state index is -0.353. The fourth-order valence-electron chi connectivity index (χ4n) is 2.31. The number of halogens is 1. The predicted octanol–water partition coefficient (Wildman–Crippen LogP) is 3.25. The molecule has 0 aromatic carbocycles. The Morgan fingerprint density at radius 2 is 2.10 bits per heavy atom. The van der Waals surface area contributed by atoms with Crippen LogP contribution in [0.4, 0.5) is 0 Å². The number of carbonyl (C=O) groups excluding carboxylic acids is 1. The van der Waals surface area contributed by atoms with Crippen molar-refractivity contribution >= 4 is 23.6 Å². The van der Waals surface area contributed by atoms with Crippen molar-refractivity contribution in [2.45, 2.75) is 37.9 Å². The Balaban J connectivity index is 1.89. The lowest BCUT2D eigenvalue weighted by Crippen LogP contribution is -2.35. The third kappa shape index (κ3) is 4.32. The maximum atomic E-state index is 11.8. The van der Waals surface area contributed by atoms with Crippen LogP contribution in [0.2, 0.25) is 5.15 Å². The van der Waals surface area contributed by atoms with E-state index in [9.17, 15) is 4.79 Å². The Kier molecular flexibility index (Phi) is 5.56. The van der Waals surface area contributed by atoms with E-state index < -0.39 is 0 Å². The molecule has 20 heavy (non-hydrogen) atoms. The Labute approximate surface area is 123 Å². The highest BCUT2D eigenvalue weighted by molar-refractivity contribution is 6.29. The van der Waals surface area contributed by atoms with Crippen molar-refractivity contribution in [3.8, 4) is 0 Å². The molecule has 0 bridgehead atoms. The standard InChI is InChI=1S/C15H18ClNO3/c1-19-12-4-2-3-5-13(12)20-15(18)9-7-11-6-8-14(16)17-10-11/h6-10,12-13H,2-5H2,1H3. The maximum absolute atomic E-state index is 11.8. The van der Waals surface area contributed by atoms with Crippen LogP contribution in [-0.2, 0) is 14.3 Å². The summed E-state index contributed by atoms with van der Waals surface area (Å²) >= 11 is 5.69. The summed E-state index contributed by atoms with van der Waals surface area (Å²) in [5.41, 5.74) is 0.804. The van der Waals surface area contributed by atoms with E-state index in [1.54, 1.807) is 31.5 Å². The second-order valence-corrected chi connectivity index (χ2v) is 5.17. The molecular weight excluding hydrogens is 278 g/mol. The SMILES string of the molecule is COC1CCCCC1OC(=O)C=Cc1ccc(Cl)nc1. The maximum Gasteiger partial charge on any atom is 0.331 e. The minimum Gasteiger partial charge on any atom is -0.456 e. The summed E-state index contributed by atoms with van der Waals surface area (Å²) in [6.07, 6.45) is 8.54. The molecule has 1 aliphatic rings. The first-order valence-electron chi connectivity index (χ1n) is 6.72. The van der Waals surface area contributed by atoms with Crippen molar-refractivity contribution in [2.75, 3.05) is 7.11 Å². The summed E-state index contributed by atoms with van der Waals surface area (Å²) in [7, 11) is 1.66. The zero-order valence-electron chi connectivity index (χ0n) is 11.4. The van der Waals surface area contributed by atoms with Crippen LogP contribution in [0.1, 0.15) is 31.2 Å². The van der Waals surface area contributed by atoms with Gasteiger partial charge in [0.1, 0.15) is 11.3 Å². The number of hydrogen-bond acceptors (Lipinski definition) is 4. The molecule has 2 atom stereocenters. The number of aromatic nitrogens is 1. The minimum absolute atomic E-state index is 0.0123. The van der Waals surface area contributed by atoms with Crippen LogP contribution in [0.15, 0.2) is 24.4 Å². The lowest BCUT2D eigenvalue weighted by atomic mass is 9.94. The first-order valence-corrected chi connectivity index (χ1v) is 7.10. The fraction of sp³-hybridized carbons (Fsp3) is 0.467. The molecule has 0 aliphatic heterocycles. The smallest absolute Gasteiger partial charge is 0.331 e. The molecule has 4 nitrogen and oxygen atoms in total. The van der Waals surface area contributed by atoms with Crippen LogP contribution < -0.4 is 0 Å². The van der Waals surface area contributed by atoms with Crippen molar-refractivity contribution < 1.29 is 14.3 Å². The molecule has 1 heterocycles. The molecule has 1 fully saturated rings. The summed E-state index contributed by atoms with van der Waals surface area (Å²) in [4.78, 5) is 15.7. The van der Waals surface area contributed by atoms with E-state index in [-0.39, 0.29) is 18.2 Å². The van der Waals surface area contributed by atoms with Gasteiger partial charge in [-0.3, -0.25) is 0 Å². The number of nitrogens with zero attached hydrogens (tertiary/aromatic N) is 1. The lowest BCUT2D eigenvalue weighted by molar-refractivity contribution is -0.153. The first-order chi connectivity index (χ1) is 9.69. The predicted molar refractivity (Wildman–Crippen MR) is 77.4 cm³/mol. The summed E-state index contributed by atoms with van der Waals surface area (Å²) in [5, 5.41) is 0.426. The van der Waals surface area contributed by atoms with Crippen LogP contribution >= 0.6 is 11.6 Å². The number of esters is 1. The molecule has 0 spiro atoms. The molecule has 2 rings (SSSR count). The largest absolute Gasteiger partial charge is 0.456 e. The van der Waals surface area contributed by atoms with Gasteiger partial charge in [0.05, 0.1) is 6.10 Å². The van der Waals surface area contributed by atoms with Gasteiger partial charge in [0.2, 0.25) is 0 Å². The summed E-state index contributed by atoms with van der Waals surface area (Å²) < 4.78 is 10.8. The third-order valence-corrected chi connectivity index (χ3v) is 3.60. The van der Waals surface area contributed by atoms with E-state index in [1.807, 2.05) is 0 Å². The molecule has 0 saturated heterocycles. The van der Waals surface area contributed by atoms with Crippen molar-refractivity contribution in [3.05, 3.63) is 35.1 Å².